The first-order valence-corrected chi connectivity index (χ1v) is 7.94. The summed E-state index contributed by atoms with van der Waals surface area (Å²) >= 11 is 6.17. The molecule has 0 spiro atoms. The largest absolute Gasteiger partial charge is 0.323 e. The lowest BCUT2D eigenvalue weighted by Gasteiger charge is -2.14. The molecule has 2 N–H and O–H groups in total. The summed E-state index contributed by atoms with van der Waals surface area (Å²) in [7, 11) is 0. The fourth-order valence-electron chi connectivity index (χ4n) is 2.60. The molecule has 0 aliphatic carbocycles. The number of benzene rings is 1. The van der Waals surface area contributed by atoms with Crippen molar-refractivity contribution in [3.63, 3.8) is 0 Å². The van der Waals surface area contributed by atoms with E-state index in [9.17, 15) is 4.39 Å². The number of nitrogens with two attached hydrogens (primary N) is 1. The van der Waals surface area contributed by atoms with Crippen LogP contribution in [0.5, 0.6) is 0 Å². The minimum atomic E-state index is -0.412. The molecule has 0 aliphatic heterocycles. The molecule has 0 saturated carbocycles. The highest BCUT2D eigenvalue weighted by atomic mass is 35.5. The maximum Gasteiger partial charge on any atom is 0.148 e. The SMILES string of the molecule is Cc1cn(C(C)C(C=Nc2ccccc2F)=NN)c2ncnc(Cl)c12. The summed E-state index contributed by atoms with van der Waals surface area (Å²) in [5, 5.41) is 4.96. The molecule has 1 unspecified atom stereocenters. The highest BCUT2D eigenvalue weighted by Crippen LogP contribution is 2.27. The van der Waals surface area contributed by atoms with Gasteiger partial charge >= 0.3 is 0 Å². The highest BCUT2D eigenvalue weighted by molar-refractivity contribution is 6.34. The average molecular weight is 359 g/mol. The van der Waals surface area contributed by atoms with Crippen LogP contribution in [-0.2, 0) is 0 Å². The molecule has 0 aliphatic rings. The van der Waals surface area contributed by atoms with Crippen molar-refractivity contribution in [2.45, 2.75) is 19.9 Å². The van der Waals surface area contributed by atoms with Crippen LogP contribution >= 0.6 is 11.6 Å². The number of fused-ring (bicyclic) bond motifs is 1. The second kappa shape index (κ2) is 6.98. The lowest BCUT2D eigenvalue weighted by atomic mass is 10.2. The second-order valence-corrected chi connectivity index (χ2v) is 5.88. The number of rotatable bonds is 4. The topological polar surface area (TPSA) is 81.5 Å². The van der Waals surface area contributed by atoms with Crippen LogP contribution < -0.4 is 5.84 Å². The molecule has 0 amide bonds. The number of halogens is 2. The number of aliphatic imine (C=N–C) groups is 1. The van der Waals surface area contributed by atoms with Crippen molar-refractivity contribution in [2.75, 3.05) is 0 Å². The Labute approximate surface area is 148 Å². The Morgan fingerprint density at radius 3 is 2.84 bits per heavy atom. The van der Waals surface area contributed by atoms with Gasteiger partial charge in [0.1, 0.15) is 28.7 Å². The zero-order valence-electron chi connectivity index (χ0n) is 13.7. The molecule has 25 heavy (non-hydrogen) atoms. The van der Waals surface area contributed by atoms with E-state index in [0.29, 0.717) is 16.5 Å². The van der Waals surface area contributed by atoms with Crippen LogP contribution in [0.15, 0.2) is 46.9 Å². The number of para-hydroxylation sites is 1. The van der Waals surface area contributed by atoms with Crippen LogP contribution in [0.25, 0.3) is 11.0 Å². The summed E-state index contributed by atoms with van der Waals surface area (Å²) in [6, 6.07) is 5.96. The van der Waals surface area contributed by atoms with E-state index in [-0.39, 0.29) is 11.7 Å². The number of hydrogen-bond acceptors (Lipinski definition) is 5. The van der Waals surface area contributed by atoms with Crippen molar-refractivity contribution in [3.05, 3.63) is 53.3 Å². The first-order chi connectivity index (χ1) is 12.0. The van der Waals surface area contributed by atoms with Crippen LogP contribution in [0.3, 0.4) is 0 Å². The number of aromatic nitrogens is 3. The van der Waals surface area contributed by atoms with Crippen LogP contribution in [-0.4, -0.2) is 26.5 Å². The van der Waals surface area contributed by atoms with Gasteiger partial charge in [0.15, 0.2) is 0 Å². The number of hydrazone groups is 1. The van der Waals surface area contributed by atoms with E-state index in [2.05, 4.69) is 20.1 Å². The molecule has 0 radical (unpaired) electrons. The Hall–Kier alpha value is -2.80. The summed E-state index contributed by atoms with van der Waals surface area (Å²) < 4.78 is 15.6. The third-order valence-electron chi connectivity index (χ3n) is 3.94. The lowest BCUT2D eigenvalue weighted by Crippen LogP contribution is -2.19. The Morgan fingerprint density at radius 1 is 1.36 bits per heavy atom. The third-order valence-corrected chi connectivity index (χ3v) is 4.22. The molecule has 3 rings (SSSR count). The predicted molar refractivity (Wildman–Crippen MR) is 98.2 cm³/mol. The zero-order valence-corrected chi connectivity index (χ0v) is 14.4. The number of nitrogens with zero attached hydrogens (tertiary/aromatic N) is 5. The van der Waals surface area contributed by atoms with Crippen LogP contribution in [0.2, 0.25) is 5.15 Å². The maximum atomic E-state index is 13.7. The van der Waals surface area contributed by atoms with Crippen molar-refractivity contribution < 1.29 is 4.39 Å². The van der Waals surface area contributed by atoms with Crippen molar-refractivity contribution in [1.82, 2.24) is 14.5 Å². The maximum absolute atomic E-state index is 13.7. The van der Waals surface area contributed by atoms with Crippen molar-refractivity contribution in [3.8, 4) is 0 Å². The standard InChI is InChI=1S/C17H16ClFN6/c1-10-8-25(17-15(10)16(18)22-9-23-17)11(2)14(24-20)7-21-13-6-4-3-5-12(13)19/h3-9,11H,20H2,1-2H3. The van der Waals surface area contributed by atoms with Gasteiger partial charge in [-0.05, 0) is 31.5 Å². The summed E-state index contributed by atoms with van der Waals surface area (Å²) in [5.74, 6) is 5.11. The molecule has 3 aromatic rings. The first kappa shape index (κ1) is 17.0. The zero-order chi connectivity index (χ0) is 18.0. The molecule has 0 fully saturated rings. The molecule has 2 aromatic heterocycles. The van der Waals surface area contributed by atoms with E-state index in [1.165, 1.54) is 18.6 Å². The molecule has 1 aromatic carbocycles. The molecule has 0 saturated heterocycles. The second-order valence-electron chi connectivity index (χ2n) is 5.52. The van der Waals surface area contributed by atoms with Gasteiger partial charge in [-0.1, -0.05) is 23.7 Å². The molecule has 2 heterocycles. The van der Waals surface area contributed by atoms with Gasteiger partial charge in [-0.15, -0.1) is 0 Å². The van der Waals surface area contributed by atoms with Gasteiger partial charge in [0.25, 0.3) is 0 Å². The number of hydrogen-bond donors (Lipinski definition) is 1. The predicted octanol–water partition coefficient (Wildman–Crippen LogP) is 3.81. The fraction of sp³-hybridized carbons (Fsp3) is 0.176. The first-order valence-electron chi connectivity index (χ1n) is 7.57. The summed E-state index contributed by atoms with van der Waals surface area (Å²) in [6.45, 7) is 3.82. The van der Waals surface area contributed by atoms with E-state index in [4.69, 9.17) is 17.4 Å². The molecule has 128 valence electrons. The third kappa shape index (κ3) is 3.23. The quantitative estimate of drug-likeness (QED) is 0.333. The Bertz CT molecular complexity index is 978. The molecular formula is C17H16ClFN6. The molecular weight excluding hydrogens is 343 g/mol. The molecule has 6 nitrogen and oxygen atoms in total. The van der Waals surface area contributed by atoms with Crippen LogP contribution in [0, 0.1) is 12.7 Å². The van der Waals surface area contributed by atoms with Crippen molar-refractivity contribution in [1.29, 1.82) is 0 Å². The van der Waals surface area contributed by atoms with Gasteiger partial charge < -0.3 is 10.4 Å². The van der Waals surface area contributed by atoms with E-state index in [1.54, 1.807) is 18.2 Å². The Balaban J connectivity index is 1.98. The van der Waals surface area contributed by atoms with Crippen molar-refractivity contribution >= 4 is 40.2 Å². The van der Waals surface area contributed by atoms with Crippen LogP contribution in [0.1, 0.15) is 18.5 Å². The van der Waals surface area contributed by atoms with E-state index in [0.717, 1.165) is 10.9 Å². The van der Waals surface area contributed by atoms with Crippen molar-refractivity contribution in [2.24, 2.45) is 15.9 Å². The van der Waals surface area contributed by atoms with Gasteiger partial charge in [0.05, 0.1) is 23.3 Å². The number of aryl methyl sites for hydroxylation is 1. The summed E-state index contributed by atoms with van der Waals surface area (Å²) in [4.78, 5) is 12.5. The Morgan fingerprint density at radius 2 is 2.12 bits per heavy atom. The molecule has 8 heteroatoms. The summed E-state index contributed by atoms with van der Waals surface area (Å²) in [6.07, 6.45) is 4.76. The van der Waals surface area contributed by atoms with Gasteiger partial charge in [0, 0.05) is 6.20 Å². The van der Waals surface area contributed by atoms with Gasteiger partial charge in [-0.25, -0.2) is 14.4 Å². The lowest BCUT2D eigenvalue weighted by molar-refractivity contribution is 0.630. The van der Waals surface area contributed by atoms with E-state index < -0.39 is 5.82 Å². The minimum absolute atomic E-state index is 0.217. The molecule has 1 atom stereocenters. The molecule has 0 bridgehead atoms. The van der Waals surface area contributed by atoms with E-state index in [1.807, 2.05) is 24.6 Å². The Kier molecular flexibility index (Phi) is 4.76. The minimum Gasteiger partial charge on any atom is -0.323 e. The normalized spacial score (nSPS) is 13.7. The fourth-order valence-corrected chi connectivity index (χ4v) is 2.88. The summed E-state index contributed by atoms with van der Waals surface area (Å²) in [5.41, 5.74) is 2.30. The monoisotopic (exact) mass is 358 g/mol. The average Bonchev–Trinajstić information content (AvgIpc) is 2.95. The van der Waals surface area contributed by atoms with Gasteiger partial charge in [-0.3, -0.25) is 4.99 Å². The van der Waals surface area contributed by atoms with Gasteiger partial charge in [-0.2, -0.15) is 5.10 Å². The smallest absolute Gasteiger partial charge is 0.148 e. The highest BCUT2D eigenvalue weighted by Gasteiger charge is 2.18. The van der Waals surface area contributed by atoms with E-state index >= 15 is 0 Å². The van der Waals surface area contributed by atoms with Crippen LogP contribution in [0.4, 0.5) is 10.1 Å². The van der Waals surface area contributed by atoms with Gasteiger partial charge in [0.2, 0.25) is 0 Å².